The predicted octanol–water partition coefficient (Wildman–Crippen LogP) is 3.72. The summed E-state index contributed by atoms with van der Waals surface area (Å²) in [6.45, 7) is 6.18. The zero-order valence-corrected chi connectivity index (χ0v) is 9.84. The lowest BCUT2D eigenvalue weighted by atomic mass is 10.0. The van der Waals surface area contributed by atoms with Gasteiger partial charge in [-0.25, -0.2) is 9.97 Å². The van der Waals surface area contributed by atoms with Crippen LogP contribution >= 0.6 is 11.6 Å². The first-order valence-corrected chi connectivity index (χ1v) is 5.39. The van der Waals surface area contributed by atoms with Crippen molar-refractivity contribution in [3.05, 3.63) is 34.7 Å². The van der Waals surface area contributed by atoms with Crippen molar-refractivity contribution < 1.29 is 0 Å². The summed E-state index contributed by atoms with van der Waals surface area (Å²) in [6, 6.07) is 6.16. The number of aryl methyl sites for hydroxylation is 1. The number of hydrogen-bond acceptors (Lipinski definition) is 2. The Kier molecular flexibility index (Phi) is 2.61. The summed E-state index contributed by atoms with van der Waals surface area (Å²) in [5.41, 5.74) is 2.20. The van der Waals surface area contributed by atoms with Gasteiger partial charge in [0.15, 0.2) is 0 Å². The topological polar surface area (TPSA) is 25.8 Å². The number of rotatable bonds is 1. The lowest BCUT2D eigenvalue weighted by Gasteiger charge is -2.07. The summed E-state index contributed by atoms with van der Waals surface area (Å²) in [4.78, 5) is 8.51. The molecule has 1 aromatic heterocycles. The smallest absolute Gasteiger partial charge is 0.140 e. The third-order valence-electron chi connectivity index (χ3n) is 2.45. The molecule has 0 aliphatic heterocycles. The van der Waals surface area contributed by atoms with Gasteiger partial charge < -0.3 is 0 Å². The van der Waals surface area contributed by atoms with Crippen molar-refractivity contribution in [2.75, 3.05) is 0 Å². The Morgan fingerprint density at radius 1 is 1.20 bits per heavy atom. The lowest BCUT2D eigenvalue weighted by molar-refractivity contribution is 0.867. The van der Waals surface area contributed by atoms with Crippen LogP contribution in [0.4, 0.5) is 0 Å². The van der Waals surface area contributed by atoms with E-state index in [2.05, 4.69) is 35.9 Å². The summed E-state index contributed by atoms with van der Waals surface area (Å²) in [5.74, 6) is 1.22. The van der Waals surface area contributed by atoms with Gasteiger partial charge >= 0.3 is 0 Å². The molecule has 0 N–H and O–H groups in total. The number of benzene rings is 1. The summed E-state index contributed by atoms with van der Waals surface area (Å²) in [7, 11) is 0. The molecular weight excluding hydrogens is 208 g/mol. The number of aromatic nitrogens is 2. The fourth-order valence-electron chi connectivity index (χ4n) is 1.58. The molecule has 0 saturated carbocycles. The van der Waals surface area contributed by atoms with Crippen LogP contribution in [0.2, 0.25) is 5.15 Å². The molecule has 15 heavy (non-hydrogen) atoms. The Bertz CT molecular complexity index is 506. The second kappa shape index (κ2) is 3.78. The van der Waals surface area contributed by atoms with Crippen molar-refractivity contribution in [2.45, 2.75) is 26.7 Å². The first kappa shape index (κ1) is 10.4. The van der Waals surface area contributed by atoms with E-state index in [1.54, 1.807) is 0 Å². The molecule has 0 unspecified atom stereocenters. The van der Waals surface area contributed by atoms with E-state index in [0.29, 0.717) is 16.9 Å². The molecule has 2 aromatic rings. The highest BCUT2D eigenvalue weighted by Crippen LogP contribution is 2.24. The van der Waals surface area contributed by atoms with Crippen LogP contribution < -0.4 is 0 Å². The quantitative estimate of drug-likeness (QED) is 0.685. The zero-order valence-electron chi connectivity index (χ0n) is 9.08. The van der Waals surface area contributed by atoms with Crippen molar-refractivity contribution in [2.24, 2.45) is 0 Å². The Labute approximate surface area is 94.3 Å². The Morgan fingerprint density at radius 3 is 2.60 bits per heavy atom. The van der Waals surface area contributed by atoms with Crippen LogP contribution in [-0.2, 0) is 0 Å². The molecule has 0 fully saturated rings. The largest absolute Gasteiger partial charge is 0.233 e. The maximum atomic E-state index is 6.04. The van der Waals surface area contributed by atoms with Gasteiger partial charge in [-0.2, -0.15) is 0 Å². The molecule has 0 amide bonds. The van der Waals surface area contributed by atoms with Crippen LogP contribution in [-0.4, -0.2) is 9.97 Å². The van der Waals surface area contributed by atoms with Crippen LogP contribution in [0.3, 0.4) is 0 Å². The minimum atomic E-state index is 0.503. The van der Waals surface area contributed by atoms with Crippen molar-refractivity contribution in [1.82, 2.24) is 9.97 Å². The first-order chi connectivity index (χ1) is 7.08. The normalized spacial score (nSPS) is 11.3. The van der Waals surface area contributed by atoms with Crippen LogP contribution in [0.25, 0.3) is 10.9 Å². The molecule has 0 saturated heterocycles. The van der Waals surface area contributed by atoms with Gasteiger partial charge in [0.05, 0.1) is 5.52 Å². The van der Waals surface area contributed by atoms with E-state index in [1.807, 2.05) is 13.0 Å². The third kappa shape index (κ3) is 1.95. The van der Waals surface area contributed by atoms with Gasteiger partial charge in [-0.1, -0.05) is 31.5 Å². The molecular formula is C12H13ClN2. The highest BCUT2D eigenvalue weighted by Gasteiger charge is 2.06. The maximum Gasteiger partial charge on any atom is 0.140 e. The minimum Gasteiger partial charge on any atom is -0.233 e. The van der Waals surface area contributed by atoms with E-state index < -0.39 is 0 Å². The van der Waals surface area contributed by atoms with Crippen LogP contribution in [0.1, 0.15) is 31.2 Å². The van der Waals surface area contributed by atoms with Gasteiger partial charge in [-0.15, -0.1) is 0 Å². The van der Waals surface area contributed by atoms with Gasteiger partial charge in [0, 0.05) is 5.39 Å². The molecule has 0 aliphatic carbocycles. The second-order valence-electron chi connectivity index (χ2n) is 3.99. The fourth-order valence-corrected chi connectivity index (χ4v) is 1.86. The molecule has 0 aliphatic rings. The van der Waals surface area contributed by atoms with Crippen molar-refractivity contribution in [3.63, 3.8) is 0 Å². The zero-order chi connectivity index (χ0) is 11.0. The van der Waals surface area contributed by atoms with Crippen LogP contribution in [0.5, 0.6) is 0 Å². The molecule has 1 heterocycles. The van der Waals surface area contributed by atoms with Gasteiger partial charge in [0.1, 0.15) is 11.0 Å². The number of halogens is 1. The second-order valence-corrected chi connectivity index (χ2v) is 4.35. The molecule has 0 spiro atoms. The average molecular weight is 221 g/mol. The molecule has 2 nitrogen and oxygen atoms in total. The molecule has 0 bridgehead atoms. The van der Waals surface area contributed by atoms with Gasteiger partial charge in [-0.05, 0) is 30.5 Å². The van der Waals surface area contributed by atoms with E-state index in [0.717, 1.165) is 10.9 Å². The van der Waals surface area contributed by atoms with E-state index in [1.165, 1.54) is 5.56 Å². The third-order valence-corrected chi connectivity index (χ3v) is 2.74. The van der Waals surface area contributed by atoms with Crippen molar-refractivity contribution in [3.8, 4) is 0 Å². The van der Waals surface area contributed by atoms with Gasteiger partial charge in [0.25, 0.3) is 0 Å². The number of hydrogen-bond donors (Lipinski definition) is 0. The van der Waals surface area contributed by atoms with Gasteiger partial charge in [0.2, 0.25) is 0 Å². The summed E-state index contributed by atoms with van der Waals surface area (Å²) in [6.07, 6.45) is 0. The molecule has 78 valence electrons. The molecule has 3 heteroatoms. The summed E-state index contributed by atoms with van der Waals surface area (Å²) in [5, 5.41) is 1.46. The Hall–Kier alpha value is -1.15. The first-order valence-electron chi connectivity index (χ1n) is 5.01. The van der Waals surface area contributed by atoms with E-state index in [4.69, 9.17) is 11.6 Å². The minimum absolute atomic E-state index is 0.503. The van der Waals surface area contributed by atoms with E-state index in [-0.39, 0.29) is 0 Å². The highest BCUT2D eigenvalue weighted by atomic mass is 35.5. The average Bonchev–Trinajstić information content (AvgIpc) is 2.16. The lowest BCUT2D eigenvalue weighted by Crippen LogP contribution is -1.93. The summed E-state index contributed by atoms with van der Waals surface area (Å²) >= 11 is 6.04. The monoisotopic (exact) mass is 220 g/mol. The van der Waals surface area contributed by atoms with Crippen molar-refractivity contribution in [1.29, 1.82) is 0 Å². The number of nitrogens with zero attached hydrogens (tertiary/aromatic N) is 2. The molecule has 0 radical (unpaired) electrons. The van der Waals surface area contributed by atoms with Crippen LogP contribution in [0.15, 0.2) is 18.2 Å². The van der Waals surface area contributed by atoms with Crippen LogP contribution in [0, 0.1) is 6.92 Å². The Morgan fingerprint density at radius 2 is 1.93 bits per heavy atom. The van der Waals surface area contributed by atoms with Gasteiger partial charge in [-0.3, -0.25) is 0 Å². The molecule has 2 rings (SSSR count). The van der Waals surface area contributed by atoms with E-state index in [9.17, 15) is 0 Å². The van der Waals surface area contributed by atoms with Crippen molar-refractivity contribution >= 4 is 22.5 Å². The van der Waals surface area contributed by atoms with E-state index >= 15 is 0 Å². The maximum absolute atomic E-state index is 6.04. The highest BCUT2D eigenvalue weighted by molar-refractivity contribution is 6.34. The fraction of sp³-hybridized carbons (Fsp3) is 0.333. The molecule has 0 atom stereocenters. The SMILES string of the molecule is Cc1nc(Cl)c2ccc(C(C)C)cc2n1. The standard InChI is InChI=1S/C12H13ClN2/c1-7(2)9-4-5-10-11(6-9)14-8(3)15-12(10)13/h4-7H,1-3H3. The Balaban J connectivity index is 2.71. The molecule has 1 aromatic carbocycles. The number of fused-ring (bicyclic) bond motifs is 1. The summed E-state index contributed by atoms with van der Waals surface area (Å²) < 4.78 is 0. The predicted molar refractivity (Wildman–Crippen MR) is 63.4 cm³/mol.